The van der Waals surface area contributed by atoms with Crippen LogP contribution in [0.2, 0.25) is 0 Å². The lowest BCUT2D eigenvalue weighted by molar-refractivity contribution is -0.909. The zero-order valence-corrected chi connectivity index (χ0v) is 14.0. The van der Waals surface area contributed by atoms with Crippen LogP contribution in [0.5, 0.6) is 0 Å². The van der Waals surface area contributed by atoms with E-state index in [0.717, 1.165) is 10.4 Å². The molecule has 0 saturated carbocycles. The highest BCUT2D eigenvalue weighted by molar-refractivity contribution is 5.54. The summed E-state index contributed by atoms with van der Waals surface area (Å²) >= 11 is 0. The molecule has 128 valence electrons. The van der Waals surface area contributed by atoms with Gasteiger partial charge in [-0.15, -0.1) is 20.4 Å². The third-order valence-electron chi connectivity index (χ3n) is 3.04. The molecule has 2 rings (SSSR count). The molecule has 0 saturated heterocycles. The number of hydrogen-bond donors (Lipinski definition) is 2. The molecule has 0 aliphatic rings. The van der Waals surface area contributed by atoms with E-state index < -0.39 is 0 Å². The average molecular weight is 351 g/mol. The SMILES string of the molecule is CCc1cc(N=NC=NN=c2ccn(CCO)cc2)cc[n+]1O.[Cl-]. The van der Waals surface area contributed by atoms with Crippen molar-refractivity contribution in [2.24, 2.45) is 20.4 Å². The number of pyridine rings is 2. The smallest absolute Gasteiger partial charge is 0.236 e. The maximum atomic E-state index is 9.51. The normalized spacial score (nSPS) is 10.9. The molecule has 2 aromatic heterocycles. The van der Waals surface area contributed by atoms with Crippen LogP contribution in [-0.2, 0) is 13.0 Å². The standard InChI is InChI=1S/C15H19N6O2.ClH/c1-2-15-11-14(5-8-21(15)23)19-17-12-16-18-13-3-6-20(7-4-13)9-10-22;/h3-8,11-12,22-23H,2,9-10H2,1H3;1H/q+1;/p-1. The lowest BCUT2D eigenvalue weighted by atomic mass is 10.3. The van der Waals surface area contributed by atoms with Gasteiger partial charge >= 0.3 is 0 Å². The van der Waals surface area contributed by atoms with Crippen molar-refractivity contribution in [3.05, 3.63) is 53.9 Å². The summed E-state index contributed by atoms with van der Waals surface area (Å²) in [5, 5.41) is 34.6. The van der Waals surface area contributed by atoms with E-state index in [9.17, 15) is 5.21 Å². The van der Waals surface area contributed by atoms with Crippen LogP contribution >= 0.6 is 0 Å². The summed E-state index contributed by atoms with van der Waals surface area (Å²) in [4.78, 5) is 0. The number of aromatic nitrogens is 2. The summed E-state index contributed by atoms with van der Waals surface area (Å²) in [5.41, 5.74) is 1.37. The van der Waals surface area contributed by atoms with Gasteiger partial charge in [-0.1, -0.05) is 6.92 Å². The topological polar surface area (TPSA) is 98.7 Å². The van der Waals surface area contributed by atoms with E-state index in [4.69, 9.17) is 5.11 Å². The van der Waals surface area contributed by atoms with E-state index in [1.807, 2.05) is 23.9 Å². The Morgan fingerprint density at radius 2 is 2.00 bits per heavy atom. The van der Waals surface area contributed by atoms with Gasteiger partial charge in [0.1, 0.15) is 0 Å². The van der Waals surface area contributed by atoms with Crippen LogP contribution in [0, 0.1) is 0 Å². The Labute approximate surface area is 145 Å². The van der Waals surface area contributed by atoms with Crippen molar-refractivity contribution in [1.29, 1.82) is 0 Å². The quantitative estimate of drug-likeness (QED) is 0.160. The predicted molar refractivity (Wildman–Crippen MR) is 83.3 cm³/mol. The maximum absolute atomic E-state index is 9.51. The van der Waals surface area contributed by atoms with Crippen molar-refractivity contribution in [3.8, 4) is 0 Å². The molecule has 0 atom stereocenters. The molecular weight excluding hydrogens is 332 g/mol. The Kier molecular flexibility index (Phi) is 8.31. The van der Waals surface area contributed by atoms with Crippen molar-refractivity contribution in [3.63, 3.8) is 0 Å². The van der Waals surface area contributed by atoms with Crippen LogP contribution in [0.1, 0.15) is 12.6 Å². The van der Waals surface area contributed by atoms with Gasteiger partial charge in [0, 0.05) is 42.2 Å². The molecule has 2 aromatic rings. The third kappa shape index (κ3) is 5.90. The molecular formula is C15H19ClN6O2. The maximum Gasteiger partial charge on any atom is 0.236 e. The zero-order valence-electron chi connectivity index (χ0n) is 13.2. The Morgan fingerprint density at radius 1 is 1.25 bits per heavy atom. The second-order valence-electron chi connectivity index (χ2n) is 4.64. The number of aryl methyl sites for hydroxylation is 1. The summed E-state index contributed by atoms with van der Waals surface area (Å²) in [7, 11) is 0. The molecule has 0 aromatic carbocycles. The molecule has 0 spiro atoms. The fraction of sp³-hybridized carbons (Fsp3) is 0.267. The Balaban J connectivity index is 0.00000288. The van der Waals surface area contributed by atoms with E-state index >= 15 is 0 Å². The van der Waals surface area contributed by atoms with Crippen LogP contribution in [0.4, 0.5) is 5.69 Å². The lowest BCUT2D eigenvalue weighted by Gasteiger charge is -2.00. The molecule has 24 heavy (non-hydrogen) atoms. The van der Waals surface area contributed by atoms with Crippen molar-refractivity contribution in [2.75, 3.05) is 6.61 Å². The summed E-state index contributed by atoms with van der Waals surface area (Å²) in [6, 6.07) is 6.96. The van der Waals surface area contributed by atoms with Crippen LogP contribution in [0.3, 0.4) is 0 Å². The average Bonchev–Trinajstić information content (AvgIpc) is 2.57. The Bertz CT molecular complexity index is 752. The molecule has 0 aliphatic heterocycles. The van der Waals surface area contributed by atoms with Gasteiger partial charge in [0.2, 0.25) is 11.9 Å². The monoisotopic (exact) mass is 350 g/mol. The minimum atomic E-state index is 0. The van der Waals surface area contributed by atoms with Gasteiger partial charge in [0.15, 0.2) is 6.34 Å². The van der Waals surface area contributed by atoms with Gasteiger partial charge < -0.3 is 22.1 Å². The Hall–Kier alpha value is -2.58. The van der Waals surface area contributed by atoms with E-state index in [2.05, 4.69) is 20.4 Å². The van der Waals surface area contributed by atoms with Gasteiger partial charge in [-0.2, -0.15) is 0 Å². The first kappa shape index (κ1) is 19.5. The van der Waals surface area contributed by atoms with Crippen molar-refractivity contribution >= 4 is 12.0 Å². The molecule has 0 fully saturated rings. The summed E-state index contributed by atoms with van der Waals surface area (Å²) < 4.78 is 2.90. The molecule has 0 unspecified atom stereocenters. The highest BCUT2D eigenvalue weighted by atomic mass is 35.5. The van der Waals surface area contributed by atoms with E-state index in [-0.39, 0.29) is 19.0 Å². The van der Waals surface area contributed by atoms with Gasteiger partial charge in [0.25, 0.3) is 0 Å². The van der Waals surface area contributed by atoms with Crippen molar-refractivity contribution in [1.82, 2.24) is 4.57 Å². The fourth-order valence-corrected chi connectivity index (χ4v) is 1.84. The van der Waals surface area contributed by atoms with E-state index in [1.165, 1.54) is 12.5 Å². The van der Waals surface area contributed by atoms with Crippen LogP contribution in [-0.4, -0.2) is 27.8 Å². The highest BCUT2D eigenvalue weighted by Crippen LogP contribution is 2.11. The summed E-state index contributed by atoms with van der Waals surface area (Å²) in [6.07, 6.45) is 7.08. The van der Waals surface area contributed by atoms with Crippen molar-refractivity contribution < 1.29 is 27.5 Å². The molecule has 2 heterocycles. The molecule has 8 nitrogen and oxygen atoms in total. The van der Waals surface area contributed by atoms with Gasteiger partial charge in [0.05, 0.1) is 17.7 Å². The molecule has 0 amide bonds. The molecule has 0 bridgehead atoms. The number of azo groups is 1. The van der Waals surface area contributed by atoms with E-state index in [0.29, 0.717) is 24.0 Å². The van der Waals surface area contributed by atoms with Crippen LogP contribution < -0.4 is 22.5 Å². The first-order valence-corrected chi connectivity index (χ1v) is 7.20. The minimum Gasteiger partial charge on any atom is -1.00 e. The largest absolute Gasteiger partial charge is 1.00 e. The van der Waals surface area contributed by atoms with Crippen molar-refractivity contribution in [2.45, 2.75) is 19.9 Å². The highest BCUT2D eigenvalue weighted by Gasteiger charge is 2.07. The summed E-state index contributed by atoms with van der Waals surface area (Å²) in [6.45, 7) is 2.57. The number of nitrogens with zero attached hydrogens (tertiary/aromatic N) is 6. The number of halogens is 1. The van der Waals surface area contributed by atoms with Gasteiger partial charge in [-0.3, -0.25) is 5.21 Å². The first-order chi connectivity index (χ1) is 11.2. The van der Waals surface area contributed by atoms with Crippen LogP contribution in [0.25, 0.3) is 0 Å². The molecule has 2 N–H and O–H groups in total. The van der Waals surface area contributed by atoms with E-state index in [1.54, 1.807) is 24.3 Å². The number of aliphatic hydroxyl groups excluding tert-OH is 1. The second kappa shape index (κ2) is 10.2. The number of aliphatic hydroxyl groups is 1. The van der Waals surface area contributed by atoms with Gasteiger partial charge in [-0.25, -0.2) is 0 Å². The zero-order chi connectivity index (χ0) is 16.5. The molecule has 9 heteroatoms. The fourth-order valence-electron chi connectivity index (χ4n) is 1.84. The lowest BCUT2D eigenvalue weighted by Crippen LogP contribution is -3.00. The predicted octanol–water partition coefficient (Wildman–Crippen LogP) is -1.80. The number of rotatable bonds is 6. The second-order valence-corrected chi connectivity index (χ2v) is 4.64. The van der Waals surface area contributed by atoms with Crippen LogP contribution in [0.15, 0.2) is 63.3 Å². The Morgan fingerprint density at radius 3 is 2.67 bits per heavy atom. The molecule has 0 aliphatic carbocycles. The minimum absolute atomic E-state index is 0. The summed E-state index contributed by atoms with van der Waals surface area (Å²) in [5.74, 6) is 0. The number of hydrogen-bond acceptors (Lipinski definition) is 5. The molecule has 0 radical (unpaired) electrons. The van der Waals surface area contributed by atoms with Gasteiger partial charge in [-0.05, 0) is 12.1 Å². The first-order valence-electron chi connectivity index (χ1n) is 7.20. The third-order valence-corrected chi connectivity index (χ3v) is 3.04.